The van der Waals surface area contributed by atoms with E-state index >= 15 is 0 Å². The Bertz CT molecular complexity index is 805. The molecule has 0 radical (unpaired) electrons. The number of rotatable bonds is 3. The van der Waals surface area contributed by atoms with Crippen molar-refractivity contribution in [2.45, 2.75) is 6.42 Å². The highest BCUT2D eigenvalue weighted by molar-refractivity contribution is 14.1. The first-order valence-corrected chi connectivity index (χ1v) is 7.58. The van der Waals surface area contributed by atoms with E-state index in [-0.39, 0.29) is 0 Å². The number of hydrogen-bond acceptors (Lipinski definition) is 4. The third-order valence-electron chi connectivity index (χ3n) is 3.35. The number of nitrogen functional groups attached to an aromatic ring is 1. The van der Waals surface area contributed by atoms with E-state index in [9.17, 15) is 0 Å². The Balaban J connectivity index is 2.05. The molecule has 4 nitrogen and oxygen atoms in total. The van der Waals surface area contributed by atoms with Gasteiger partial charge in [-0.3, -0.25) is 0 Å². The molecule has 0 amide bonds. The van der Waals surface area contributed by atoms with E-state index < -0.39 is 0 Å². The monoisotopic (exact) mass is 391 g/mol. The Hall–Kier alpha value is -1.89. The van der Waals surface area contributed by atoms with Crippen LogP contribution in [0, 0.1) is 3.57 Å². The lowest BCUT2D eigenvalue weighted by Gasteiger charge is -2.08. The topological polar surface area (TPSA) is 61.0 Å². The summed E-state index contributed by atoms with van der Waals surface area (Å²) in [6.07, 6.45) is 2.40. The molecule has 0 fully saturated rings. The number of aromatic nitrogens is 2. The van der Waals surface area contributed by atoms with E-state index in [1.54, 1.807) is 13.3 Å². The Labute approximate surface area is 136 Å². The van der Waals surface area contributed by atoms with E-state index in [2.05, 4.69) is 50.8 Å². The average molecular weight is 391 g/mol. The predicted octanol–water partition coefficient (Wildman–Crippen LogP) is 3.42. The highest BCUT2D eigenvalue weighted by Gasteiger charge is 2.07. The van der Waals surface area contributed by atoms with Crippen molar-refractivity contribution in [2.75, 3.05) is 12.8 Å². The molecule has 3 rings (SSSR count). The van der Waals surface area contributed by atoms with Crippen molar-refractivity contribution in [3.05, 3.63) is 57.6 Å². The SMILES string of the molecule is COc1ccc2cccc(Cc3ncc(I)c(N)n3)c2c1. The van der Waals surface area contributed by atoms with Gasteiger partial charge >= 0.3 is 0 Å². The normalized spacial score (nSPS) is 10.8. The number of halogens is 1. The summed E-state index contributed by atoms with van der Waals surface area (Å²) in [4.78, 5) is 8.70. The molecule has 0 bridgehead atoms. The van der Waals surface area contributed by atoms with Crippen LogP contribution in [-0.4, -0.2) is 17.1 Å². The fourth-order valence-corrected chi connectivity index (χ4v) is 2.53. The maximum atomic E-state index is 5.85. The van der Waals surface area contributed by atoms with Crippen LogP contribution in [0.5, 0.6) is 5.75 Å². The Morgan fingerprint density at radius 1 is 1.24 bits per heavy atom. The van der Waals surface area contributed by atoms with Gasteiger partial charge in [0.15, 0.2) is 0 Å². The number of ether oxygens (including phenoxy) is 1. The standard InChI is InChI=1S/C16H14IN3O/c1-21-12-6-5-10-3-2-4-11(13(10)8-12)7-15-19-9-14(17)16(18)20-15/h2-6,8-9H,7H2,1H3,(H2,18,19,20). The van der Waals surface area contributed by atoms with Gasteiger partial charge in [-0.05, 0) is 51.1 Å². The van der Waals surface area contributed by atoms with Crippen LogP contribution in [0.15, 0.2) is 42.6 Å². The highest BCUT2D eigenvalue weighted by atomic mass is 127. The van der Waals surface area contributed by atoms with Crippen LogP contribution >= 0.6 is 22.6 Å². The molecule has 0 aliphatic heterocycles. The second-order valence-electron chi connectivity index (χ2n) is 4.70. The zero-order valence-corrected chi connectivity index (χ0v) is 13.7. The molecule has 0 unspecified atom stereocenters. The maximum Gasteiger partial charge on any atom is 0.140 e. The number of fused-ring (bicyclic) bond motifs is 1. The summed E-state index contributed by atoms with van der Waals surface area (Å²) in [5.41, 5.74) is 7.01. The van der Waals surface area contributed by atoms with Crippen molar-refractivity contribution in [2.24, 2.45) is 0 Å². The molecule has 21 heavy (non-hydrogen) atoms. The van der Waals surface area contributed by atoms with E-state index in [1.165, 1.54) is 5.39 Å². The van der Waals surface area contributed by atoms with E-state index in [0.29, 0.717) is 12.2 Å². The molecule has 0 spiro atoms. The predicted molar refractivity (Wildman–Crippen MR) is 92.5 cm³/mol. The Morgan fingerprint density at radius 3 is 2.86 bits per heavy atom. The van der Waals surface area contributed by atoms with Gasteiger partial charge in [-0.2, -0.15) is 0 Å². The second kappa shape index (κ2) is 5.85. The van der Waals surface area contributed by atoms with Crippen molar-refractivity contribution in [3.63, 3.8) is 0 Å². The number of anilines is 1. The molecule has 0 aliphatic carbocycles. The molecule has 3 aromatic rings. The zero-order chi connectivity index (χ0) is 14.8. The Morgan fingerprint density at radius 2 is 2.10 bits per heavy atom. The summed E-state index contributed by atoms with van der Waals surface area (Å²) in [5, 5.41) is 2.32. The molecular weight excluding hydrogens is 377 g/mol. The summed E-state index contributed by atoms with van der Waals surface area (Å²) in [6, 6.07) is 12.3. The number of nitrogens with two attached hydrogens (primary N) is 1. The van der Waals surface area contributed by atoms with Gasteiger partial charge in [0.05, 0.1) is 10.7 Å². The fraction of sp³-hybridized carbons (Fsp3) is 0.125. The van der Waals surface area contributed by atoms with Crippen LogP contribution in [0.1, 0.15) is 11.4 Å². The molecular formula is C16H14IN3O. The minimum absolute atomic E-state index is 0.526. The lowest BCUT2D eigenvalue weighted by atomic mass is 10.0. The fourth-order valence-electron chi connectivity index (χ4n) is 2.27. The van der Waals surface area contributed by atoms with Crippen LogP contribution in [-0.2, 0) is 6.42 Å². The van der Waals surface area contributed by atoms with Crippen LogP contribution in [0.4, 0.5) is 5.82 Å². The molecule has 0 aliphatic rings. The summed E-state index contributed by atoms with van der Waals surface area (Å²) < 4.78 is 6.18. The van der Waals surface area contributed by atoms with Crippen molar-refractivity contribution >= 4 is 39.2 Å². The Kier molecular flexibility index (Phi) is 3.92. The van der Waals surface area contributed by atoms with Crippen LogP contribution in [0.3, 0.4) is 0 Å². The minimum Gasteiger partial charge on any atom is -0.497 e. The van der Waals surface area contributed by atoms with Crippen LogP contribution in [0.2, 0.25) is 0 Å². The molecule has 2 aromatic carbocycles. The van der Waals surface area contributed by atoms with Gasteiger partial charge in [-0.15, -0.1) is 0 Å². The van der Waals surface area contributed by atoms with E-state index in [1.807, 2.05) is 18.2 Å². The summed E-state index contributed by atoms with van der Waals surface area (Å²) in [7, 11) is 1.67. The van der Waals surface area contributed by atoms with Crippen molar-refractivity contribution in [3.8, 4) is 5.75 Å². The van der Waals surface area contributed by atoms with Crippen LogP contribution in [0.25, 0.3) is 10.8 Å². The number of hydrogen-bond donors (Lipinski definition) is 1. The third kappa shape index (κ3) is 2.92. The summed E-state index contributed by atoms with van der Waals surface area (Å²) in [6.45, 7) is 0. The van der Waals surface area contributed by atoms with Crippen molar-refractivity contribution in [1.29, 1.82) is 0 Å². The number of benzene rings is 2. The largest absolute Gasteiger partial charge is 0.497 e. The smallest absolute Gasteiger partial charge is 0.140 e. The molecule has 2 N–H and O–H groups in total. The van der Waals surface area contributed by atoms with Gasteiger partial charge in [-0.1, -0.05) is 24.3 Å². The summed E-state index contributed by atoms with van der Waals surface area (Å²) in [5.74, 6) is 2.10. The van der Waals surface area contributed by atoms with Crippen molar-refractivity contribution in [1.82, 2.24) is 9.97 Å². The molecule has 1 aromatic heterocycles. The quantitative estimate of drug-likeness (QED) is 0.696. The van der Waals surface area contributed by atoms with Gasteiger partial charge in [0.25, 0.3) is 0 Å². The second-order valence-corrected chi connectivity index (χ2v) is 5.86. The first-order chi connectivity index (χ1) is 10.2. The van der Waals surface area contributed by atoms with E-state index in [4.69, 9.17) is 10.5 Å². The lowest BCUT2D eigenvalue weighted by molar-refractivity contribution is 0.415. The number of nitrogens with zero attached hydrogens (tertiary/aromatic N) is 2. The molecule has 106 valence electrons. The summed E-state index contributed by atoms with van der Waals surface area (Å²) >= 11 is 2.13. The van der Waals surface area contributed by atoms with Gasteiger partial charge in [-0.25, -0.2) is 9.97 Å². The van der Waals surface area contributed by atoms with Gasteiger partial charge in [0.2, 0.25) is 0 Å². The average Bonchev–Trinajstić information content (AvgIpc) is 2.51. The highest BCUT2D eigenvalue weighted by Crippen LogP contribution is 2.25. The first-order valence-electron chi connectivity index (χ1n) is 6.50. The van der Waals surface area contributed by atoms with E-state index in [0.717, 1.165) is 26.1 Å². The molecule has 0 saturated heterocycles. The molecule has 0 saturated carbocycles. The lowest BCUT2D eigenvalue weighted by Crippen LogP contribution is -2.02. The molecule has 1 heterocycles. The van der Waals surface area contributed by atoms with Crippen molar-refractivity contribution < 1.29 is 4.74 Å². The zero-order valence-electron chi connectivity index (χ0n) is 11.5. The van der Waals surface area contributed by atoms with Gasteiger partial charge < -0.3 is 10.5 Å². The molecule has 5 heteroatoms. The first kappa shape index (κ1) is 14.1. The minimum atomic E-state index is 0.526. The molecule has 0 atom stereocenters. The third-order valence-corrected chi connectivity index (χ3v) is 4.18. The van der Waals surface area contributed by atoms with Gasteiger partial charge in [0, 0.05) is 12.6 Å². The number of methoxy groups -OCH3 is 1. The van der Waals surface area contributed by atoms with Gasteiger partial charge in [0.1, 0.15) is 17.4 Å². The maximum absolute atomic E-state index is 5.85. The van der Waals surface area contributed by atoms with Crippen LogP contribution < -0.4 is 10.5 Å².